The van der Waals surface area contributed by atoms with Crippen molar-refractivity contribution < 1.29 is 9.53 Å². The predicted octanol–water partition coefficient (Wildman–Crippen LogP) is 4.22. The second kappa shape index (κ2) is 8.22. The van der Waals surface area contributed by atoms with Gasteiger partial charge in [0.05, 0.1) is 11.8 Å². The van der Waals surface area contributed by atoms with Gasteiger partial charge in [-0.15, -0.1) is 0 Å². The quantitative estimate of drug-likeness (QED) is 0.804. The number of ether oxygens (including phenoxy) is 1. The SMILES string of the molecule is Cc1ccc(NCCC(=O)Nc2ccccc2OC(C)C)cc1. The van der Waals surface area contributed by atoms with Crippen LogP contribution in [0.5, 0.6) is 5.75 Å². The van der Waals surface area contributed by atoms with E-state index in [1.54, 1.807) is 0 Å². The number of aryl methyl sites for hydroxylation is 1. The minimum Gasteiger partial charge on any atom is -0.489 e. The highest BCUT2D eigenvalue weighted by atomic mass is 16.5. The molecule has 1 amide bonds. The highest BCUT2D eigenvalue weighted by Gasteiger charge is 2.08. The Balaban J connectivity index is 1.84. The van der Waals surface area contributed by atoms with E-state index in [-0.39, 0.29) is 12.0 Å². The van der Waals surface area contributed by atoms with Gasteiger partial charge in [-0.1, -0.05) is 29.8 Å². The Hall–Kier alpha value is -2.49. The largest absolute Gasteiger partial charge is 0.489 e. The second-order valence-electron chi connectivity index (χ2n) is 5.75. The van der Waals surface area contributed by atoms with Crippen LogP contribution < -0.4 is 15.4 Å². The van der Waals surface area contributed by atoms with Gasteiger partial charge in [0.1, 0.15) is 5.75 Å². The van der Waals surface area contributed by atoms with E-state index < -0.39 is 0 Å². The third kappa shape index (κ3) is 5.66. The minimum absolute atomic E-state index is 0.0376. The van der Waals surface area contributed by atoms with Crippen molar-refractivity contribution in [3.63, 3.8) is 0 Å². The van der Waals surface area contributed by atoms with Gasteiger partial charge in [0.2, 0.25) is 5.91 Å². The highest BCUT2D eigenvalue weighted by molar-refractivity contribution is 5.92. The lowest BCUT2D eigenvalue weighted by atomic mass is 10.2. The van der Waals surface area contributed by atoms with Crippen LogP contribution in [0.4, 0.5) is 11.4 Å². The van der Waals surface area contributed by atoms with Crippen LogP contribution in [0.15, 0.2) is 48.5 Å². The zero-order valence-corrected chi connectivity index (χ0v) is 13.9. The van der Waals surface area contributed by atoms with Crippen molar-refractivity contribution in [3.05, 3.63) is 54.1 Å². The van der Waals surface area contributed by atoms with E-state index in [9.17, 15) is 4.79 Å². The van der Waals surface area contributed by atoms with Crippen LogP contribution in [-0.2, 0) is 4.79 Å². The highest BCUT2D eigenvalue weighted by Crippen LogP contribution is 2.24. The lowest BCUT2D eigenvalue weighted by molar-refractivity contribution is -0.116. The van der Waals surface area contributed by atoms with Gasteiger partial charge in [0.15, 0.2) is 0 Å². The van der Waals surface area contributed by atoms with Gasteiger partial charge in [-0.2, -0.15) is 0 Å². The molecule has 2 N–H and O–H groups in total. The van der Waals surface area contributed by atoms with Gasteiger partial charge in [-0.05, 0) is 45.0 Å². The van der Waals surface area contributed by atoms with Crippen molar-refractivity contribution in [3.8, 4) is 5.75 Å². The molecule has 0 aliphatic heterocycles. The fourth-order valence-electron chi connectivity index (χ4n) is 2.13. The molecule has 0 fully saturated rings. The lowest BCUT2D eigenvalue weighted by Gasteiger charge is -2.15. The normalized spacial score (nSPS) is 10.4. The van der Waals surface area contributed by atoms with Crippen LogP contribution in [0.2, 0.25) is 0 Å². The van der Waals surface area contributed by atoms with Gasteiger partial charge >= 0.3 is 0 Å². The van der Waals surface area contributed by atoms with Crippen molar-refractivity contribution in [1.82, 2.24) is 0 Å². The molecule has 4 nitrogen and oxygen atoms in total. The maximum Gasteiger partial charge on any atom is 0.226 e. The molecule has 0 aliphatic rings. The number of benzene rings is 2. The van der Waals surface area contributed by atoms with Crippen molar-refractivity contribution >= 4 is 17.3 Å². The van der Waals surface area contributed by atoms with E-state index in [0.29, 0.717) is 24.4 Å². The Morgan fingerprint density at radius 3 is 2.48 bits per heavy atom. The van der Waals surface area contributed by atoms with Crippen LogP contribution >= 0.6 is 0 Å². The third-order valence-corrected chi connectivity index (χ3v) is 3.26. The number of hydrogen-bond acceptors (Lipinski definition) is 3. The van der Waals surface area contributed by atoms with Crippen molar-refractivity contribution in [1.29, 1.82) is 0 Å². The van der Waals surface area contributed by atoms with E-state index in [2.05, 4.69) is 10.6 Å². The molecule has 2 aromatic rings. The first-order chi connectivity index (χ1) is 11.0. The molecule has 122 valence electrons. The Morgan fingerprint density at radius 1 is 1.09 bits per heavy atom. The molecule has 0 saturated carbocycles. The van der Waals surface area contributed by atoms with Gasteiger partial charge in [0, 0.05) is 18.7 Å². The summed E-state index contributed by atoms with van der Waals surface area (Å²) >= 11 is 0. The molecule has 0 spiro atoms. The van der Waals surface area contributed by atoms with E-state index in [1.807, 2.05) is 69.3 Å². The summed E-state index contributed by atoms with van der Waals surface area (Å²) in [5, 5.41) is 6.15. The number of carbonyl (C=O) groups is 1. The molecule has 0 saturated heterocycles. The molecule has 0 radical (unpaired) electrons. The zero-order valence-electron chi connectivity index (χ0n) is 13.9. The van der Waals surface area contributed by atoms with E-state index in [4.69, 9.17) is 4.74 Å². The Morgan fingerprint density at radius 2 is 1.78 bits per heavy atom. The monoisotopic (exact) mass is 312 g/mol. The number of amides is 1. The topological polar surface area (TPSA) is 50.4 Å². The molecule has 0 aliphatic carbocycles. The van der Waals surface area contributed by atoms with Crippen LogP contribution in [-0.4, -0.2) is 18.6 Å². The molecule has 0 bridgehead atoms. The molecule has 2 rings (SSSR count). The fraction of sp³-hybridized carbons (Fsp3) is 0.316. The Labute approximate surface area is 137 Å². The third-order valence-electron chi connectivity index (χ3n) is 3.26. The standard InChI is InChI=1S/C19H24N2O2/c1-14(2)23-18-7-5-4-6-17(18)21-19(22)12-13-20-16-10-8-15(3)9-11-16/h4-11,14,20H,12-13H2,1-3H3,(H,21,22). The summed E-state index contributed by atoms with van der Waals surface area (Å²) in [6.45, 7) is 6.56. The maximum atomic E-state index is 12.1. The van der Waals surface area contributed by atoms with Gasteiger partial charge in [-0.3, -0.25) is 4.79 Å². The lowest BCUT2D eigenvalue weighted by Crippen LogP contribution is -2.17. The molecule has 2 aromatic carbocycles. The second-order valence-corrected chi connectivity index (χ2v) is 5.75. The van der Waals surface area contributed by atoms with Crippen LogP contribution in [0.1, 0.15) is 25.8 Å². The van der Waals surface area contributed by atoms with E-state index >= 15 is 0 Å². The average Bonchev–Trinajstić information content (AvgIpc) is 2.51. The summed E-state index contributed by atoms with van der Waals surface area (Å²) < 4.78 is 5.70. The number of anilines is 2. The molecule has 4 heteroatoms. The van der Waals surface area contributed by atoms with E-state index in [1.165, 1.54) is 5.56 Å². The number of carbonyl (C=O) groups excluding carboxylic acids is 1. The number of hydrogen-bond donors (Lipinski definition) is 2. The van der Waals surface area contributed by atoms with E-state index in [0.717, 1.165) is 5.69 Å². The zero-order chi connectivity index (χ0) is 16.7. The molecular weight excluding hydrogens is 288 g/mol. The molecular formula is C19H24N2O2. The summed E-state index contributed by atoms with van der Waals surface area (Å²) in [5.74, 6) is 0.659. The molecule has 0 aromatic heterocycles. The smallest absolute Gasteiger partial charge is 0.226 e. The summed E-state index contributed by atoms with van der Waals surface area (Å²) in [5.41, 5.74) is 2.95. The molecule has 0 heterocycles. The molecule has 0 atom stereocenters. The van der Waals surface area contributed by atoms with Crippen molar-refractivity contribution in [2.45, 2.75) is 33.3 Å². The van der Waals surface area contributed by atoms with Crippen LogP contribution in [0.25, 0.3) is 0 Å². The van der Waals surface area contributed by atoms with Gasteiger partial charge in [-0.25, -0.2) is 0 Å². The first-order valence-corrected chi connectivity index (χ1v) is 7.90. The minimum atomic E-state index is -0.0376. The number of nitrogens with one attached hydrogen (secondary N) is 2. The Kier molecular flexibility index (Phi) is 6.03. The van der Waals surface area contributed by atoms with Crippen molar-refractivity contribution in [2.75, 3.05) is 17.2 Å². The summed E-state index contributed by atoms with van der Waals surface area (Å²) in [6, 6.07) is 15.6. The summed E-state index contributed by atoms with van der Waals surface area (Å²) in [6.07, 6.45) is 0.459. The number of para-hydroxylation sites is 2. The van der Waals surface area contributed by atoms with Crippen LogP contribution in [0.3, 0.4) is 0 Å². The predicted molar refractivity (Wildman–Crippen MR) is 95.1 cm³/mol. The molecule has 23 heavy (non-hydrogen) atoms. The molecule has 0 unspecified atom stereocenters. The first-order valence-electron chi connectivity index (χ1n) is 7.90. The van der Waals surface area contributed by atoms with Gasteiger partial charge in [0.25, 0.3) is 0 Å². The maximum absolute atomic E-state index is 12.1. The fourth-order valence-corrected chi connectivity index (χ4v) is 2.13. The van der Waals surface area contributed by atoms with Crippen LogP contribution in [0, 0.1) is 6.92 Å². The summed E-state index contributed by atoms with van der Waals surface area (Å²) in [4.78, 5) is 12.1. The first kappa shape index (κ1) is 16.9. The van der Waals surface area contributed by atoms with Gasteiger partial charge < -0.3 is 15.4 Å². The van der Waals surface area contributed by atoms with Crippen molar-refractivity contribution in [2.24, 2.45) is 0 Å². The Bertz CT molecular complexity index is 636. The average molecular weight is 312 g/mol. The number of rotatable bonds is 7. The summed E-state index contributed by atoms with van der Waals surface area (Å²) in [7, 11) is 0.